The molecule has 0 atom stereocenters. The van der Waals surface area contributed by atoms with Gasteiger partial charge in [0.25, 0.3) is 5.91 Å². The normalized spacial score (nSPS) is 13.6. The molecular formula is C21H19FN2O3. The minimum absolute atomic E-state index is 0.0315. The van der Waals surface area contributed by atoms with Gasteiger partial charge < -0.3 is 14.8 Å². The molecule has 0 aromatic heterocycles. The van der Waals surface area contributed by atoms with Crippen LogP contribution in [0.25, 0.3) is 6.08 Å². The number of ether oxygens (including phenoxy) is 2. The minimum Gasteiger partial charge on any atom is -0.493 e. The van der Waals surface area contributed by atoms with Gasteiger partial charge in [-0.3, -0.25) is 4.79 Å². The second-order valence-corrected chi connectivity index (χ2v) is 6.21. The summed E-state index contributed by atoms with van der Waals surface area (Å²) in [4.78, 5) is 12.0. The van der Waals surface area contributed by atoms with E-state index in [-0.39, 0.29) is 29.9 Å². The average molecular weight is 366 g/mol. The maximum Gasteiger partial charge on any atom is 0.262 e. The van der Waals surface area contributed by atoms with E-state index in [1.165, 1.54) is 19.3 Å². The third kappa shape index (κ3) is 4.85. The first kappa shape index (κ1) is 18.5. The highest BCUT2D eigenvalue weighted by atomic mass is 19.1. The topological polar surface area (TPSA) is 71.3 Å². The number of carbonyl (C=O) groups is 1. The zero-order valence-electron chi connectivity index (χ0n) is 14.9. The van der Waals surface area contributed by atoms with Crippen LogP contribution in [0.2, 0.25) is 0 Å². The summed E-state index contributed by atoms with van der Waals surface area (Å²) in [5.74, 6) is 0.161. The van der Waals surface area contributed by atoms with Gasteiger partial charge in [-0.25, -0.2) is 4.39 Å². The Morgan fingerprint density at radius 2 is 2.07 bits per heavy atom. The number of methoxy groups -OCH3 is 1. The maximum atomic E-state index is 13.7. The predicted octanol–water partition coefficient (Wildman–Crippen LogP) is 3.60. The van der Waals surface area contributed by atoms with Crippen LogP contribution in [0.4, 0.5) is 4.39 Å². The van der Waals surface area contributed by atoms with Gasteiger partial charge in [-0.2, -0.15) is 5.26 Å². The lowest BCUT2D eigenvalue weighted by atomic mass is 10.1. The van der Waals surface area contributed by atoms with E-state index >= 15 is 0 Å². The lowest BCUT2D eigenvalue weighted by Gasteiger charge is -2.12. The van der Waals surface area contributed by atoms with Gasteiger partial charge >= 0.3 is 0 Å². The number of hydrogen-bond acceptors (Lipinski definition) is 4. The van der Waals surface area contributed by atoms with E-state index in [1.54, 1.807) is 36.4 Å². The van der Waals surface area contributed by atoms with Gasteiger partial charge in [0, 0.05) is 11.6 Å². The van der Waals surface area contributed by atoms with Crippen molar-refractivity contribution < 1.29 is 18.7 Å². The molecular weight excluding hydrogens is 347 g/mol. The van der Waals surface area contributed by atoms with E-state index in [1.807, 2.05) is 6.07 Å². The van der Waals surface area contributed by atoms with Gasteiger partial charge in [0.05, 0.1) is 7.11 Å². The van der Waals surface area contributed by atoms with Crippen LogP contribution < -0.4 is 14.8 Å². The van der Waals surface area contributed by atoms with Crippen molar-refractivity contribution in [2.24, 2.45) is 0 Å². The van der Waals surface area contributed by atoms with Gasteiger partial charge in [0.1, 0.15) is 24.1 Å². The fourth-order valence-corrected chi connectivity index (χ4v) is 2.47. The van der Waals surface area contributed by atoms with Crippen molar-refractivity contribution in [1.29, 1.82) is 5.26 Å². The van der Waals surface area contributed by atoms with Crippen LogP contribution in [0.3, 0.4) is 0 Å². The highest BCUT2D eigenvalue weighted by Crippen LogP contribution is 2.30. The van der Waals surface area contributed by atoms with E-state index in [4.69, 9.17) is 9.47 Å². The first-order chi connectivity index (χ1) is 13.1. The molecule has 0 heterocycles. The molecule has 0 aliphatic heterocycles. The largest absolute Gasteiger partial charge is 0.493 e. The molecule has 1 amide bonds. The lowest BCUT2D eigenvalue weighted by Crippen LogP contribution is -2.26. The highest BCUT2D eigenvalue weighted by Gasteiger charge is 2.24. The number of nitrogens with one attached hydrogen (secondary N) is 1. The second kappa shape index (κ2) is 8.37. The summed E-state index contributed by atoms with van der Waals surface area (Å²) in [6.07, 6.45) is 3.40. The van der Waals surface area contributed by atoms with Crippen LogP contribution in [0, 0.1) is 17.1 Å². The molecule has 0 bridgehead atoms. The van der Waals surface area contributed by atoms with Crippen molar-refractivity contribution >= 4 is 12.0 Å². The van der Waals surface area contributed by atoms with E-state index in [0.717, 1.165) is 12.8 Å². The zero-order chi connectivity index (χ0) is 19.2. The summed E-state index contributed by atoms with van der Waals surface area (Å²) in [5, 5.41) is 12.0. The van der Waals surface area contributed by atoms with Crippen molar-refractivity contribution in [3.8, 4) is 17.6 Å². The van der Waals surface area contributed by atoms with E-state index in [0.29, 0.717) is 22.6 Å². The Morgan fingerprint density at radius 1 is 1.30 bits per heavy atom. The first-order valence-corrected chi connectivity index (χ1v) is 8.57. The fourth-order valence-electron chi connectivity index (χ4n) is 2.47. The van der Waals surface area contributed by atoms with E-state index in [2.05, 4.69) is 5.32 Å². The molecule has 1 aliphatic carbocycles. The molecule has 138 valence electrons. The van der Waals surface area contributed by atoms with Crippen LogP contribution in [0.15, 0.2) is 48.0 Å². The van der Waals surface area contributed by atoms with Crippen molar-refractivity contribution in [1.82, 2.24) is 5.32 Å². The standard InChI is InChI=1S/C21H19FN2O3/c1-26-20-11-14(10-16(12-23)21(25)24-17-7-8-17)6-9-19(20)27-13-15-4-2-3-5-18(15)22/h2-6,9-11,17H,7-8,13H2,1H3,(H,24,25)/b16-10+. The van der Waals surface area contributed by atoms with Crippen molar-refractivity contribution in [3.63, 3.8) is 0 Å². The number of amides is 1. The summed E-state index contributed by atoms with van der Waals surface area (Å²) in [5.41, 5.74) is 1.10. The van der Waals surface area contributed by atoms with Crippen LogP contribution >= 0.6 is 0 Å². The van der Waals surface area contributed by atoms with Gasteiger partial charge in [-0.1, -0.05) is 24.3 Å². The molecule has 0 unspecified atom stereocenters. The molecule has 1 N–H and O–H groups in total. The molecule has 0 saturated heterocycles. The molecule has 3 rings (SSSR count). The van der Waals surface area contributed by atoms with Gasteiger partial charge in [-0.15, -0.1) is 0 Å². The molecule has 1 fully saturated rings. The number of nitrogens with zero attached hydrogens (tertiary/aromatic N) is 1. The van der Waals surface area contributed by atoms with E-state index < -0.39 is 0 Å². The molecule has 2 aromatic rings. The number of carbonyl (C=O) groups excluding carboxylic acids is 1. The Balaban J connectivity index is 1.75. The fraction of sp³-hybridized carbons (Fsp3) is 0.238. The number of benzene rings is 2. The van der Waals surface area contributed by atoms with Crippen LogP contribution in [-0.2, 0) is 11.4 Å². The summed E-state index contributed by atoms with van der Waals surface area (Å²) in [6.45, 7) is 0.0610. The molecule has 2 aromatic carbocycles. The zero-order valence-corrected chi connectivity index (χ0v) is 14.9. The Morgan fingerprint density at radius 3 is 2.74 bits per heavy atom. The maximum absolute atomic E-state index is 13.7. The average Bonchev–Trinajstić information content (AvgIpc) is 3.49. The second-order valence-electron chi connectivity index (χ2n) is 6.21. The summed E-state index contributed by atoms with van der Waals surface area (Å²) >= 11 is 0. The van der Waals surface area contributed by atoms with Crippen LogP contribution in [0.1, 0.15) is 24.0 Å². The Bertz CT molecular complexity index is 914. The molecule has 5 nitrogen and oxygen atoms in total. The third-order valence-electron chi connectivity index (χ3n) is 4.12. The Kier molecular flexibility index (Phi) is 5.72. The van der Waals surface area contributed by atoms with Crippen molar-refractivity contribution in [2.75, 3.05) is 7.11 Å². The monoisotopic (exact) mass is 366 g/mol. The lowest BCUT2D eigenvalue weighted by molar-refractivity contribution is -0.117. The highest BCUT2D eigenvalue weighted by molar-refractivity contribution is 6.02. The number of rotatable bonds is 7. The molecule has 0 spiro atoms. The Hall–Kier alpha value is -3.33. The van der Waals surface area contributed by atoms with Gasteiger partial charge in [0.2, 0.25) is 0 Å². The molecule has 1 saturated carbocycles. The Labute approximate surface area is 157 Å². The number of nitriles is 1. The molecule has 27 heavy (non-hydrogen) atoms. The van der Waals surface area contributed by atoms with Gasteiger partial charge in [0.15, 0.2) is 11.5 Å². The minimum atomic E-state index is -0.376. The predicted molar refractivity (Wildman–Crippen MR) is 98.5 cm³/mol. The van der Waals surface area contributed by atoms with Crippen molar-refractivity contribution in [2.45, 2.75) is 25.5 Å². The third-order valence-corrected chi connectivity index (χ3v) is 4.12. The number of halogens is 1. The van der Waals surface area contributed by atoms with Crippen LogP contribution in [-0.4, -0.2) is 19.1 Å². The molecule has 0 radical (unpaired) electrons. The van der Waals surface area contributed by atoms with Crippen molar-refractivity contribution in [3.05, 3.63) is 65.0 Å². The number of hydrogen-bond donors (Lipinski definition) is 1. The van der Waals surface area contributed by atoms with E-state index in [9.17, 15) is 14.4 Å². The first-order valence-electron chi connectivity index (χ1n) is 8.57. The summed E-state index contributed by atoms with van der Waals surface area (Å²) in [6, 6.07) is 13.5. The summed E-state index contributed by atoms with van der Waals surface area (Å²) in [7, 11) is 1.49. The van der Waals surface area contributed by atoms with Gasteiger partial charge in [-0.05, 0) is 42.7 Å². The molecule has 1 aliphatic rings. The van der Waals surface area contributed by atoms with Crippen LogP contribution in [0.5, 0.6) is 11.5 Å². The summed E-state index contributed by atoms with van der Waals surface area (Å²) < 4.78 is 24.7. The smallest absolute Gasteiger partial charge is 0.262 e. The SMILES string of the molecule is COc1cc(/C=C(\C#N)C(=O)NC2CC2)ccc1OCc1ccccc1F. The quantitative estimate of drug-likeness (QED) is 0.600. The molecule has 6 heteroatoms.